The fraction of sp³-hybridized carbons (Fsp3) is 0.889. The van der Waals surface area contributed by atoms with Gasteiger partial charge in [0.25, 0.3) is 0 Å². The van der Waals surface area contributed by atoms with E-state index >= 15 is 0 Å². The Morgan fingerprint density at radius 1 is 0.655 bits per heavy atom. The van der Waals surface area contributed by atoms with Crippen LogP contribution in [0.4, 0.5) is 0 Å². The van der Waals surface area contributed by atoms with Gasteiger partial charge in [0.1, 0.15) is 0 Å². The molecule has 2 N–H and O–H groups in total. The molecule has 1 unspecified atom stereocenters. The molecule has 0 aliphatic heterocycles. The standard InChI is InChI=1S/C27H51NO/c1-3-5-7-8-9-10-11-12-13-14-15-16-17-18-19-20-21-23-25-26(27(28)29)24-22-6-4-2/h2,26H,3,5-25H2,1H3,(H2,28,29). The largest absolute Gasteiger partial charge is 0.369 e. The minimum atomic E-state index is -0.144. The van der Waals surface area contributed by atoms with Gasteiger partial charge in [-0.25, -0.2) is 0 Å². The van der Waals surface area contributed by atoms with Crippen LogP contribution < -0.4 is 5.73 Å². The van der Waals surface area contributed by atoms with E-state index in [1.807, 2.05) is 0 Å². The van der Waals surface area contributed by atoms with Crippen LogP contribution in [0.1, 0.15) is 148 Å². The molecule has 1 amide bonds. The molecule has 0 heterocycles. The van der Waals surface area contributed by atoms with E-state index < -0.39 is 0 Å². The number of rotatable bonds is 23. The van der Waals surface area contributed by atoms with Gasteiger partial charge in [-0.1, -0.05) is 122 Å². The molecule has 0 radical (unpaired) electrons. The van der Waals surface area contributed by atoms with Gasteiger partial charge in [0.15, 0.2) is 0 Å². The lowest BCUT2D eigenvalue weighted by Gasteiger charge is -2.12. The fourth-order valence-electron chi connectivity index (χ4n) is 4.17. The van der Waals surface area contributed by atoms with Crippen molar-refractivity contribution in [1.29, 1.82) is 0 Å². The minimum Gasteiger partial charge on any atom is -0.369 e. The van der Waals surface area contributed by atoms with Gasteiger partial charge in [0, 0.05) is 12.3 Å². The highest BCUT2D eigenvalue weighted by molar-refractivity contribution is 5.76. The number of primary amides is 1. The third kappa shape index (κ3) is 21.6. The summed E-state index contributed by atoms with van der Waals surface area (Å²) in [5.74, 6) is 2.52. The van der Waals surface area contributed by atoms with Crippen molar-refractivity contribution in [3.8, 4) is 12.3 Å². The van der Waals surface area contributed by atoms with Crippen molar-refractivity contribution >= 4 is 5.91 Å². The highest BCUT2D eigenvalue weighted by Gasteiger charge is 2.13. The van der Waals surface area contributed by atoms with Crippen LogP contribution in [0.2, 0.25) is 0 Å². The topological polar surface area (TPSA) is 43.1 Å². The van der Waals surface area contributed by atoms with Gasteiger partial charge < -0.3 is 5.73 Å². The number of terminal acetylenes is 1. The predicted molar refractivity (Wildman–Crippen MR) is 129 cm³/mol. The van der Waals surface area contributed by atoms with Crippen LogP contribution in [0.3, 0.4) is 0 Å². The third-order valence-corrected chi connectivity index (χ3v) is 6.18. The lowest BCUT2D eigenvalue weighted by atomic mass is 9.94. The summed E-state index contributed by atoms with van der Waals surface area (Å²) in [5.41, 5.74) is 5.50. The van der Waals surface area contributed by atoms with E-state index in [1.165, 1.54) is 109 Å². The number of unbranched alkanes of at least 4 members (excludes halogenated alkanes) is 18. The maximum atomic E-state index is 11.5. The van der Waals surface area contributed by atoms with Crippen molar-refractivity contribution in [2.75, 3.05) is 0 Å². The molecule has 0 aromatic heterocycles. The lowest BCUT2D eigenvalue weighted by Crippen LogP contribution is -2.23. The second-order valence-electron chi connectivity index (χ2n) is 8.99. The van der Waals surface area contributed by atoms with E-state index in [0.717, 1.165) is 32.1 Å². The van der Waals surface area contributed by atoms with E-state index in [9.17, 15) is 4.79 Å². The monoisotopic (exact) mass is 405 g/mol. The van der Waals surface area contributed by atoms with Gasteiger partial charge in [-0.2, -0.15) is 0 Å². The van der Waals surface area contributed by atoms with Crippen molar-refractivity contribution in [1.82, 2.24) is 0 Å². The molecule has 0 saturated heterocycles. The van der Waals surface area contributed by atoms with Crippen LogP contribution in [0.5, 0.6) is 0 Å². The average Bonchev–Trinajstić information content (AvgIpc) is 2.71. The van der Waals surface area contributed by atoms with Crippen molar-refractivity contribution in [2.45, 2.75) is 148 Å². The van der Waals surface area contributed by atoms with Gasteiger partial charge in [0.05, 0.1) is 0 Å². The Balaban J connectivity index is 3.25. The van der Waals surface area contributed by atoms with E-state index in [-0.39, 0.29) is 11.8 Å². The van der Waals surface area contributed by atoms with Crippen molar-refractivity contribution in [3.05, 3.63) is 0 Å². The van der Waals surface area contributed by atoms with Crippen LogP contribution >= 0.6 is 0 Å². The first-order valence-corrected chi connectivity index (χ1v) is 12.9. The highest BCUT2D eigenvalue weighted by Crippen LogP contribution is 2.18. The molecule has 0 aliphatic rings. The zero-order valence-corrected chi connectivity index (χ0v) is 19.7. The van der Waals surface area contributed by atoms with E-state index in [2.05, 4.69) is 12.8 Å². The van der Waals surface area contributed by atoms with Gasteiger partial charge in [-0.15, -0.1) is 12.3 Å². The Morgan fingerprint density at radius 3 is 1.34 bits per heavy atom. The van der Waals surface area contributed by atoms with Crippen LogP contribution in [-0.2, 0) is 4.79 Å². The number of carbonyl (C=O) groups excluding carboxylic acids is 1. The first-order chi connectivity index (χ1) is 14.2. The number of carbonyl (C=O) groups is 1. The molecule has 0 spiro atoms. The van der Waals surface area contributed by atoms with Crippen LogP contribution in [-0.4, -0.2) is 5.91 Å². The van der Waals surface area contributed by atoms with Crippen LogP contribution in [0.15, 0.2) is 0 Å². The Labute approximate surface area is 183 Å². The van der Waals surface area contributed by atoms with Gasteiger partial charge >= 0.3 is 0 Å². The minimum absolute atomic E-state index is 0.0319. The number of hydrogen-bond acceptors (Lipinski definition) is 1. The smallest absolute Gasteiger partial charge is 0.220 e. The molecule has 0 aliphatic carbocycles. The molecule has 0 rings (SSSR count). The Bertz CT molecular complexity index is 384. The average molecular weight is 406 g/mol. The maximum absolute atomic E-state index is 11.5. The number of hydrogen-bond donors (Lipinski definition) is 1. The first kappa shape index (κ1) is 28.0. The van der Waals surface area contributed by atoms with Crippen molar-refractivity contribution < 1.29 is 4.79 Å². The summed E-state index contributed by atoms with van der Waals surface area (Å²) in [6, 6.07) is 0. The van der Waals surface area contributed by atoms with Crippen LogP contribution in [0.25, 0.3) is 0 Å². The quantitative estimate of drug-likeness (QED) is 0.135. The summed E-state index contributed by atoms with van der Waals surface area (Å²) in [6.45, 7) is 2.29. The molecule has 0 saturated carbocycles. The summed E-state index contributed by atoms with van der Waals surface area (Å²) in [4.78, 5) is 11.5. The van der Waals surface area contributed by atoms with Crippen LogP contribution in [0, 0.1) is 18.3 Å². The van der Waals surface area contributed by atoms with E-state index in [4.69, 9.17) is 12.2 Å². The summed E-state index contributed by atoms with van der Waals surface area (Å²) < 4.78 is 0. The SMILES string of the molecule is C#CCCCC(CCCCCCCCCCCCCCCCCCCC)C(N)=O. The molecule has 1 atom stereocenters. The van der Waals surface area contributed by atoms with E-state index in [0.29, 0.717) is 0 Å². The molecule has 0 aromatic carbocycles. The highest BCUT2D eigenvalue weighted by atomic mass is 16.1. The third-order valence-electron chi connectivity index (χ3n) is 6.18. The summed E-state index contributed by atoms with van der Waals surface area (Å²) in [6.07, 6.45) is 33.7. The zero-order chi connectivity index (χ0) is 21.4. The molecular formula is C27H51NO. The lowest BCUT2D eigenvalue weighted by molar-refractivity contribution is -0.122. The molecule has 2 nitrogen and oxygen atoms in total. The molecule has 0 bridgehead atoms. The molecule has 0 fully saturated rings. The van der Waals surface area contributed by atoms with Gasteiger partial charge in [-0.05, 0) is 19.3 Å². The normalized spacial score (nSPS) is 12.0. The molecule has 2 heteroatoms. The van der Waals surface area contributed by atoms with Crippen molar-refractivity contribution in [2.24, 2.45) is 11.7 Å². The Hall–Kier alpha value is -0.970. The maximum Gasteiger partial charge on any atom is 0.220 e. The molecule has 170 valence electrons. The molecule has 0 aromatic rings. The van der Waals surface area contributed by atoms with Gasteiger partial charge in [-0.3, -0.25) is 4.79 Å². The summed E-state index contributed by atoms with van der Waals surface area (Å²) in [5, 5.41) is 0. The summed E-state index contributed by atoms with van der Waals surface area (Å²) >= 11 is 0. The zero-order valence-electron chi connectivity index (χ0n) is 19.7. The number of nitrogens with two attached hydrogens (primary N) is 1. The Kier molecular flexibility index (Phi) is 22.5. The first-order valence-electron chi connectivity index (χ1n) is 12.9. The number of amides is 1. The second kappa shape index (κ2) is 23.3. The van der Waals surface area contributed by atoms with E-state index in [1.54, 1.807) is 0 Å². The summed E-state index contributed by atoms with van der Waals surface area (Å²) in [7, 11) is 0. The molecular weight excluding hydrogens is 354 g/mol. The molecule has 29 heavy (non-hydrogen) atoms. The Morgan fingerprint density at radius 2 is 1.00 bits per heavy atom. The van der Waals surface area contributed by atoms with Gasteiger partial charge in [0.2, 0.25) is 5.91 Å². The fourth-order valence-corrected chi connectivity index (χ4v) is 4.17. The second-order valence-corrected chi connectivity index (χ2v) is 8.99. The predicted octanol–water partition coefficient (Wildman–Crippen LogP) is 8.32. The van der Waals surface area contributed by atoms with Crippen molar-refractivity contribution in [3.63, 3.8) is 0 Å².